The van der Waals surface area contributed by atoms with E-state index in [1.165, 1.54) is 12.3 Å². The van der Waals surface area contributed by atoms with E-state index in [2.05, 4.69) is 10.3 Å². The van der Waals surface area contributed by atoms with Gasteiger partial charge < -0.3 is 19.5 Å². The molecule has 0 unspecified atom stereocenters. The summed E-state index contributed by atoms with van der Waals surface area (Å²) in [6.45, 7) is -0.00446. The summed E-state index contributed by atoms with van der Waals surface area (Å²) in [5.74, 6) is 0.164. The van der Waals surface area contributed by atoms with Crippen LogP contribution < -0.4 is 14.8 Å². The predicted molar refractivity (Wildman–Crippen MR) is 95.8 cm³/mol. The zero-order valence-electron chi connectivity index (χ0n) is 14.5. The molecular weight excluding hydrogens is 360 g/mol. The lowest BCUT2D eigenvalue weighted by Gasteiger charge is -2.10. The highest BCUT2D eigenvalue weighted by Gasteiger charge is 2.14. The average molecular weight is 379 g/mol. The minimum atomic E-state index is -0.696. The maximum absolute atomic E-state index is 11.8. The Morgan fingerprint density at radius 3 is 2.62 bits per heavy atom. The first-order chi connectivity index (χ1) is 12.5. The smallest absolute Gasteiger partial charge is 0.341 e. The van der Waals surface area contributed by atoms with Crippen LogP contribution in [-0.2, 0) is 16.0 Å². The van der Waals surface area contributed by atoms with Crippen LogP contribution in [0.2, 0.25) is 5.15 Å². The van der Waals surface area contributed by atoms with Crippen LogP contribution in [0.15, 0.2) is 36.5 Å². The number of ether oxygens (including phenoxy) is 3. The van der Waals surface area contributed by atoms with Crippen LogP contribution in [0.25, 0.3) is 0 Å². The lowest BCUT2D eigenvalue weighted by molar-refractivity contribution is -0.124. The SMILES string of the molecule is COc1ccc(CCNC(=O)COC(=O)c2cccnc2Cl)cc1OC. The number of amides is 1. The summed E-state index contributed by atoms with van der Waals surface area (Å²) in [4.78, 5) is 27.4. The third-order valence-electron chi connectivity index (χ3n) is 3.50. The molecule has 1 aromatic carbocycles. The highest BCUT2D eigenvalue weighted by molar-refractivity contribution is 6.32. The molecule has 0 radical (unpaired) electrons. The van der Waals surface area contributed by atoms with E-state index in [0.717, 1.165) is 5.56 Å². The number of methoxy groups -OCH3 is 2. The minimum Gasteiger partial charge on any atom is -0.493 e. The van der Waals surface area contributed by atoms with E-state index in [-0.39, 0.29) is 10.7 Å². The Kier molecular flexibility index (Phi) is 7.23. The van der Waals surface area contributed by atoms with E-state index in [9.17, 15) is 9.59 Å². The number of halogens is 1. The maximum atomic E-state index is 11.8. The lowest BCUT2D eigenvalue weighted by atomic mass is 10.1. The second-order valence-electron chi connectivity index (χ2n) is 5.21. The Morgan fingerprint density at radius 1 is 1.15 bits per heavy atom. The van der Waals surface area contributed by atoms with E-state index < -0.39 is 18.5 Å². The number of nitrogens with one attached hydrogen (secondary N) is 1. The minimum absolute atomic E-state index is 0.0337. The van der Waals surface area contributed by atoms with Crippen molar-refractivity contribution in [2.75, 3.05) is 27.4 Å². The fraction of sp³-hybridized carbons (Fsp3) is 0.278. The van der Waals surface area contributed by atoms with Gasteiger partial charge in [-0.05, 0) is 36.2 Å². The number of pyridine rings is 1. The van der Waals surface area contributed by atoms with Crippen molar-refractivity contribution >= 4 is 23.5 Å². The molecule has 0 aliphatic heterocycles. The van der Waals surface area contributed by atoms with Crippen LogP contribution in [0, 0.1) is 0 Å². The molecule has 0 saturated carbocycles. The van der Waals surface area contributed by atoms with Crippen molar-refractivity contribution in [3.05, 3.63) is 52.8 Å². The van der Waals surface area contributed by atoms with Gasteiger partial charge in [0.25, 0.3) is 5.91 Å². The van der Waals surface area contributed by atoms with Crippen LogP contribution in [-0.4, -0.2) is 44.2 Å². The molecule has 0 aliphatic rings. The van der Waals surface area contributed by atoms with Gasteiger partial charge in [-0.2, -0.15) is 0 Å². The lowest BCUT2D eigenvalue weighted by Crippen LogP contribution is -2.30. The molecule has 1 aromatic heterocycles. The van der Waals surface area contributed by atoms with Crippen molar-refractivity contribution in [3.8, 4) is 11.5 Å². The number of carbonyl (C=O) groups excluding carboxylic acids is 2. The van der Waals surface area contributed by atoms with Gasteiger partial charge in [0.1, 0.15) is 5.15 Å². The molecule has 2 rings (SSSR count). The van der Waals surface area contributed by atoms with Crippen molar-refractivity contribution in [3.63, 3.8) is 0 Å². The van der Waals surface area contributed by atoms with Crippen LogP contribution in [0.4, 0.5) is 0 Å². The first-order valence-electron chi connectivity index (χ1n) is 7.80. The van der Waals surface area contributed by atoms with Crippen molar-refractivity contribution in [2.45, 2.75) is 6.42 Å². The molecule has 0 saturated heterocycles. The van der Waals surface area contributed by atoms with E-state index in [0.29, 0.717) is 24.5 Å². The van der Waals surface area contributed by atoms with Crippen LogP contribution >= 0.6 is 11.6 Å². The van der Waals surface area contributed by atoms with Gasteiger partial charge in [-0.25, -0.2) is 9.78 Å². The quantitative estimate of drug-likeness (QED) is 0.560. The van der Waals surface area contributed by atoms with E-state index in [4.69, 9.17) is 25.8 Å². The predicted octanol–water partition coefficient (Wildman–Crippen LogP) is 2.27. The second kappa shape index (κ2) is 9.62. The van der Waals surface area contributed by atoms with Gasteiger partial charge in [0, 0.05) is 12.7 Å². The first kappa shape index (κ1) is 19.5. The zero-order valence-corrected chi connectivity index (χ0v) is 15.2. The Hall–Kier alpha value is -2.80. The maximum Gasteiger partial charge on any atom is 0.341 e. The fourth-order valence-corrected chi connectivity index (χ4v) is 2.38. The van der Waals surface area contributed by atoms with E-state index >= 15 is 0 Å². The summed E-state index contributed by atoms with van der Waals surface area (Å²) in [6.07, 6.45) is 2.05. The van der Waals surface area contributed by atoms with Crippen molar-refractivity contribution in [1.82, 2.24) is 10.3 Å². The number of rotatable bonds is 8. The first-order valence-corrected chi connectivity index (χ1v) is 8.18. The number of hydrogen-bond donors (Lipinski definition) is 1. The van der Waals surface area contributed by atoms with Crippen molar-refractivity contribution in [2.24, 2.45) is 0 Å². The summed E-state index contributed by atoms with van der Waals surface area (Å²) < 4.78 is 15.3. The second-order valence-corrected chi connectivity index (χ2v) is 5.57. The van der Waals surface area contributed by atoms with Gasteiger partial charge in [0.15, 0.2) is 18.1 Å². The molecule has 1 N–H and O–H groups in total. The van der Waals surface area contributed by atoms with E-state index in [1.54, 1.807) is 26.4 Å². The van der Waals surface area contributed by atoms with Crippen LogP contribution in [0.3, 0.4) is 0 Å². The van der Waals surface area contributed by atoms with Gasteiger partial charge in [-0.15, -0.1) is 0 Å². The molecule has 8 heteroatoms. The Bertz CT molecular complexity index is 782. The van der Waals surface area contributed by atoms with Gasteiger partial charge in [0.2, 0.25) is 0 Å². The van der Waals surface area contributed by atoms with Crippen LogP contribution in [0.5, 0.6) is 11.5 Å². The number of carbonyl (C=O) groups is 2. The molecule has 0 aliphatic carbocycles. The number of aromatic nitrogens is 1. The summed E-state index contributed by atoms with van der Waals surface area (Å²) in [5.41, 5.74) is 1.09. The molecular formula is C18H19ClN2O5. The van der Waals surface area contributed by atoms with E-state index in [1.807, 2.05) is 12.1 Å². The molecule has 1 amide bonds. The molecule has 26 heavy (non-hydrogen) atoms. The molecule has 2 aromatic rings. The van der Waals surface area contributed by atoms with Gasteiger partial charge in [-0.3, -0.25) is 4.79 Å². The highest BCUT2D eigenvalue weighted by atomic mass is 35.5. The van der Waals surface area contributed by atoms with Crippen LogP contribution in [0.1, 0.15) is 15.9 Å². The van der Waals surface area contributed by atoms with Gasteiger partial charge >= 0.3 is 5.97 Å². The summed E-state index contributed by atoms with van der Waals surface area (Å²) in [6, 6.07) is 8.57. The highest BCUT2D eigenvalue weighted by Crippen LogP contribution is 2.27. The molecule has 1 heterocycles. The molecule has 138 valence electrons. The molecule has 0 bridgehead atoms. The Morgan fingerprint density at radius 2 is 1.92 bits per heavy atom. The molecule has 0 fully saturated rings. The Labute approximate surface area is 156 Å². The third kappa shape index (κ3) is 5.35. The molecule has 0 spiro atoms. The molecule has 0 atom stereocenters. The normalized spacial score (nSPS) is 10.1. The van der Waals surface area contributed by atoms with Gasteiger partial charge in [-0.1, -0.05) is 17.7 Å². The number of hydrogen-bond acceptors (Lipinski definition) is 6. The summed E-state index contributed by atoms with van der Waals surface area (Å²) >= 11 is 5.80. The number of benzene rings is 1. The average Bonchev–Trinajstić information content (AvgIpc) is 2.66. The van der Waals surface area contributed by atoms with Crippen molar-refractivity contribution < 1.29 is 23.8 Å². The van der Waals surface area contributed by atoms with Gasteiger partial charge in [0.05, 0.1) is 19.8 Å². The third-order valence-corrected chi connectivity index (χ3v) is 3.80. The van der Waals surface area contributed by atoms with Crippen molar-refractivity contribution in [1.29, 1.82) is 0 Å². The standard InChI is InChI=1S/C18H19ClN2O5/c1-24-14-6-5-12(10-15(14)25-2)7-9-20-16(22)11-26-18(23)13-4-3-8-21-17(13)19/h3-6,8,10H,7,9,11H2,1-2H3,(H,20,22). The fourth-order valence-electron chi connectivity index (χ4n) is 2.18. The molecule has 7 nitrogen and oxygen atoms in total. The summed E-state index contributed by atoms with van der Waals surface area (Å²) in [5, 5.41) is 2.72. The zero-order chi connectivity index (χ0) is 18.9. The Balaban J connectivity index is 1.77. The number of esters is 1. The largest absolute Gasteiger partial charge is 0.493 e. The topological polar surface area (TPSA) is 86.8 Å². The monoisotopic (exact) mass is 378 g/mol. The number of nitrogens with zero attached hydrogens (tertiary/aromatic N) is 1. The summed E-state index contributed by atoms with van der Waals surface area (Å²) in [7, 11) is 3.13.